The second-order valence-electron chi connectivity index (χ2n) is 3.54. The van der Waals surface area contributed by atoms with E-state index in [1.54, 1.807) is 50.7 Å². The molecule has 0 aliphatic rings. The molecule has 1 heterocycles. The Hall–Kier alpha value is -2.43. The van der Waals surface area contributed by atoms with E-state index in [0.717, 1.165) is 0 Å². The molecule has 0 radical (unpaired) electrons. The number of nitrogen functional groups attached to an aromatic ring is 1. The first-order chi connectivity index (χ1) is 8.72. The van der Waals surface area contributed by atoms with Crippen LogP contribution in [0.5, 0.6) is 23.1 Å². The quantitative estimate of drug-likeness (QED) is 0.839. The molecule has 0 atom stereocenters. The summed E-state index contributed by atoms with van der Waals surface area (Å²) in [5.41, 5.74) is 6.37. The number of pyridine rings is 1. The molecule has 0 saturated carbocycles. The van der Waals surface area contributed by atoms with Gasteiger partial charge in [-0.2, -0.15) is 0 Å². The third kappa shape index (κ3) is 2.63. The molecule has 2 aromatic rings. The smallest absolute Gasteiger partial charge is 0.216 e. The summed E-state index contributed by atoms with van der Waals surface area (Å²) in [5, 5.41) is 0. The molecule has 5 nitrogen and oxygen atoms in total. The molecule has 0 amide bonds. The van der Waals surface area contributed by atoms with E-state index in [-0.39, 0.29) is 0 Å². The van der Waals surface area contributed by atoms with Crippen LogP contribution >= 0.6 is 0 Å². The minimum absolute atomic E-state index is 0.481. The third-order valence-corrected chi connectivity index (χ3v) is 2.36. The maximum atomic E-state index is 5.84. The van der Waals surface area contributed by atoms with Gasteiger partial charge in [-0.3, -0.25) is 0 Å². The van der Waals surface area contributed by atoms with E-state index >= 15 is 0 Å². The first-order valence-corrected chi connectivity index (χ1v) is 5.34. The Morgan fingerprint density at radius 1 is 1.00 bits per heavy atom. The lowest BCUT2D eigenvalue weighted by atomic mass is 10.3. The van der Waals surface area contributed by atoms with Gasteiger partial charge >= 0.3 is 0 Å². The van der Waals surface area contributed by atoms with E-state index < -0.39 is 0 Å². The zero-order valence-corrected chi connectivity index (χ0v) is 10.2. The molecule has 0 saturated heterocycles. The SMILES string of the molecule is COc1ccc(N)c(Oc2ccnc(OC)c2)c1. The largest absolute Gasteiger partial charge is 0.497 e. The van der Waals surface area contributed by atoms with E-state index in [1.165, 1.54) is 0 Å². The molecule has 2 rings (SSSR count). The van der Waals surface area contributed by atoms with E-state index in [0.29, 0.717) is 28.8 Å². The predicted octanol–water partition coefficient (Wildman–Crippen LogP) is 2.47. The van der Waals surface area contributed by atoms with Gasteiger partial charge in [0.25, 0.3) is 0 Å². The first-order valence-electron chi connectivity index (χ1n) is 5.34. The van der Waals surface area contributed by atoms with Gasteiger partial charge in [0.1, 0.15) is 11.5 Å². The van der Waals surface area contributed by atoms with Crippen LogP contribution < -0.4 is 19.9 Å². The van der Waals surface area contributed by atoms with Crippen LogP contribution in [0.1, 0.15) is 0 Å². The van der Waals surface area contributed by atoms with Gasteiger partial charge in [0, 0.05) is 18.3 Å². The Bertz CT molecular complexity index is 544. The van der Waals surface area contributed by atoms with Crippen LogP contribution in [0.25, 0.3) is 0 Å². The van der Waals surface area contributed by atoms with Crippen molar-refractivity contribution >= 4 is 5.69 Å². The zero-order chi connectivity index (χ0) is 13.0. The minimum Gasteiger partial charge on any atom is -0.497 e. The van der Waals surface area contributed by atoms with Gasteiger partial charge in [-0.05, 0) is 18.2 Å². The summed E-state index contributed by atoms with van der Waals surface area (Å²) in [6.07, 6.45) is 1.60. The van der Waals surface area contributed by atoms with Crippen molar-refractivity contribution in [2.45, 2.75) is 0 Å². The van der Waals surface area contributed by atoms with E-state index in [4.69, 9.17) is 19.9 Å². The predicted molar refractivity (Wildman–Crippen MR) is 68.3 cm³/mol. The van der Waals surface area contributed by atoms with Crippen molar-refractivity contribution in [2.24, 2.45) is 0 Å². The van der Waals surface area contributed by atoms with Gasteiger partial charge in [-0.25, -0.2) is 4.98 Å². The zero-order valence-electron chi connectivity index (χ0n) is 10.2. The molecule has 0 aliphatic heterocycles. The van der Waals surface area contributed by atoms with Gasteiger partial charge in [0.15, 0.2) is 5.75 Å². The van der Waals surface area contributed by atoms with Crippen molar-refractivity contribution in [1.82, 2.24) is 4.98 Å². The normalized spacial score (nSPS) is 9.89. The maximum Gasteiger partial charge on any atom is 0.216 e. The van der Waals surface area contributed by atoms with Gasteiger partial charge < -0.3 is 19.9 Å². The van der Waals surface area contributed by atoms with Crippen molar-refractivity contribution in [2.75, 3.05) is 20.0 Å². The van der Waals surface area contributed by atoms with E-state index in [9.17, 15) is 0 Å². The number of nitrogens with two attached hydrogens (primary N) is 1. The lowest BCUT2D eigenvalue weighted by Crippen LogP contribution is -1.94. The fourth-order valence-electron chi connectivity index (χ4n) is 1.42. The molecule has 1 aromatic carbocycles. The Labute approximate surface area is 105 Å². The van der Waals surface area contributed by atoms with Gasteiger partial charge in [-0.1, -0.05) is 0 Å². The minimum atomic E-state index is 0.481. The molecule has 18 heavy (non-hydrogen) atoms. The van der Waals surface area contributed by atoms with Crippen molar-refractivity contribution in [1.29, 1.82) is 0 Å². The molecule has 0 aliphatic carbocycles. The van der Waals surface area contributed by atoms with Crippen molar-refractivity contribution in [3.63, 3.8) is 0 Å². The highest BCUT2D eigenvalue weighted by molar-refractivity contribution is 5.57. The van der Waals surface area contributed by atoms with Crippen LogP contribution in [-0.2, 0) is 0 Å². The summed E-state index contributed by atoms with van der Waals surface area (Å²) in [7, 11) is 3.14. The molecular formula is C13H14N2O3. The molecule has 5 heteroatoms. The van der Waals surface area contributed by atoms with Crippen molar-refractivity contribution < 1.29 is 14.2 Å². The number of methoxy groups -OCH3 is 2. The second kappa shape index (κ2) is 5.27. The van der Waals surface area contributed by atoms with E-state index in [2.05, 4.69) is 4.98 Å². The molecule has 0 bridgehead atoms. The summed E-state index contributed by atoms with van der Waals surface area (Å²) in [6.45, 7) is 0. The fourth-order valence-corrected chi connectivity index (χ4v) is 1.42. The molecule has 2 N–H and O–H groups in total. The van der Waals surface area contributed by atoms with Crippen LogP contribution in [0.4, 0.5) is 5.69 Å². The summed E-state index contributed by atoms with van der Waals surface area (Å²) in [4.78, 5) is 4.00. The monoisotopic (exact) mass is 246 g/mol. The summed E-state index contributed by atoms with van der Waals surface area (Å²) in [6, 6.07) is 8.63. The molecule has 0 unspecified atom stereocenters. The number of hydrogen-bond donors (Lipinski definition) is 1. The number of nitrogens with zero attached hydrogens (tertiary/aromatic N) is 1. The molecule has 0 spiro atoms. The van der Waals surface area contributed by atoms with Crippen molar-refractivity contribution in [3.05, 3.63) is 36.5 Å². The lowest BCUT2D eigenvalue weighted by Gasteiger charge is -2.10. The average molecular weight is 246 g/mol. The highest BCUT2D eigenvalue weighted by atomic mass is 16.5. The molecular weight excluding hydrogens is 232 g/mol. The number of anilines is 1. The van der Waals surface area contributed by atoms with Crippen LogP contribution in [0.15, 0.2) is 36.5 Å². The Kier molecular flexibility index (Phi) is 3.52. The standard InChI is InChI=1S/C13H14N2O3/c1-16-9-3-4-11(14)12(7-9)18-10-5-6-15-13(8-10)17-2/h3-8H,14H2,1-2H3. The van der Waals surface area contributed by atoms with Crippen LogP contribution in [0.3, 0.4) is 0 Å². The highest BCUT2D eigenvalue weighted by Gasteiger charge is 2.05. The number of ether oxygens (including phenoxy) is 3. The molecule has 94 valence electrons. The number of benzene rings is 1. The number of hydrogen-bond acceptors (Lipinski definition) is 5. The van der Waals surface area contributed by atoms with Gasteiger partial charge in [0.05, 0.1) is 19.9 Å². The van der Waals surface area contributed by atoms with E-state index in [1.807, 2.05) is 0 Å². The number of aromatic nitrogens is 1. The summed E-state index contributed by atoms with van der Waals surface area (Å²) in [5.74, 6) is 2.29. The van der Waals surface area contributed by atoms with Crippen LogP contribution in [-0.4, -0.2) is 19.2 Å². The second-order valence-corrected chi connectivity index (χ2v) is 3.54. The van der Waals surface area contributed by atoms with Crippen molar-refractivity contribution in [3.8, 4) is 23.1 Å². The summed E-state index contributed by atoms with van der Waals surface area (Å²) >= 11 is 0. The Morgan fingerprint density at radius 3 is 2.56 bits per heavy atom. The fraction of sp³-hybridized carbons (Fsp3) is 0.154. The summed E-state index contributed by atoms with van der Waals surface area (Å²) < 4.78 is 15.8. The first kappa shape index (κ1) is 12.0. The molecule has 1 aromatic heterocycles. The van der Waals surface area contributed by atoms with Gasteiger partial charge in [0.2, 0.25) is 5.88 Å². The highest BCUT2D eigenvalue weighted by Crippen LogP contribution is 2.31. The lowest BCUT2D eigenvalue weighted by molar-refractivity contribution is 0.391. The van der Waals surface area contributed by atoms with Crippen LogP contribution in [0, 0.1) is 0 Å². The Morgan fingerprint density at radius 2 is 1.83 bits per heavy atom. The third-order valence-electron chi connectivity index (χ3n) is 2.36. The Balaban J connectivity index is 2.27. The molecule has 0 fully saturated rings. The maximum absolute atomic E-state index is 5.84. The topological polar surface area (TPSA) is 66.6 Å². The average Bonchev–Trinajstić information content (AvgIpc) is 2.41. The van der Waals surface area contributed by atoms with Crippen LogP contribution in [0.2, 0.25) is 0 Å². The number of rotatable bonds is 4. The van der Waals surface area contributed by atoms with Gasteiger partial charge in [-0.15, -0.1) is 0 Å².